The zero-order valence-corrected chi connectivity index (χ0v) is 10.5. The molecule has 1 aliphatic rings. The van der Waals surface area contributed by atoms with Gasteiger partial charge in [-0.05, 0) is 17.7 Å². The maximum atomic E-state index is 11.5. The van der Waals surface area contributed by atoms with E-state index in [9.17, 15) is 9.90 Å². The molecule has 0 spiro atoms. The molecule has 0 saturated carbocycles. The molecule has 1 fully saturated rings. The van der Waals surface area contributed by atoms with Crippen LogP contribution in [-0.2, 0) is 4.79 Å². The number of benzene rings is 1. The van der Waals surface area contributed by atoms with Crippen molar-refractivity contribution in [1.29, 1.82) is 0 Å². The minimum atomic E-state index is -0.774. The van der Waals surface area contributed by atoms with Crippen molar-refractivity contribution >= 4 is 5.78 Å². The molecule has 1 aliphatic heterocycles. The first kappa shape index (κ1) is 12.9. The summed E-state index contributed by atoms with van der Waals surface area (Å²) < 4.78 is 10.4. The van der Waals surface area contributed by atoms with Gasteiger partial charge in [-0.3, -0.25) is 10.1 Å². The lowest BCUT2D eigenvalue weighted by Crippen LogP contribution is -2.40. The number of rotatable bonds is 3. The minimum absolute atomic E-state index is 0.0565. The Bertz CT molecular complexity index is 447. The van der Waals surface area contributed by atoms with E-state index in [2.05, 4.69) is 5.32 Å². The van der Waals surface area contributed by atoms with Crippen LogP contribution in [0, 0.1) is 0 Å². The molecule has 5 nitrogen and oxygen atoms in total. The largest absolute Gasteiger partial charge is 0.493 e. The van der Waals surface area contributed by atoms with Crippen LogP contribution in [0.25, 0.3) is 0 Å². The molecule has 1 heterocycles. The van der Waals surface area contributed by atoms with E-state index in [4.69, 9.17) is 9.47 Å². The van der Waals surface area contributed by atoms with Crippen LogP contribution in [-0.4, -0.2) is 31.3 Å². The first-order chi connectivity index (χ1) is 8.63. The van der Waals surface area contributed by atoms with E-state index in [1.54, 1.807) is 20.3 Å². The summed E-state index contributed by atoms with van der Waals surface area (Å²) in [6.07, 6.45) is -0.222. The predicted molar refractivity (Wildman–Crippen MR) is 65.7 cm³/mol. The SMILES string of the molecule is COc1ccc(C2CC(=O)CC(O)N2)cc1OC. The van der Waals surface area contributed by atoms with Crippen LogP contribution in [0.5, 0.6) is 11.5 Å². The van der Waals surface area contributed by atoms with E-state index in [1.165, 1.54) is 0 Å². The third-order valence-corrected chi connectivity index (χ3v) is 3.06. The van der Waals surface area contributed by atoms with Gasteiger partial charge in [0.2, 0.25) is 0 Å². The Balaban J connectivity index is 2.25. The molecule has 0 bridgehead atoms. The highest BCUT2D eigenvalue weighted by atomic mass is 16.5. The summed E-state index contributed by atoms with van der Waals surface area (Å²) in [5.41, 5.74) is 0.903. The molecule has 98 valence electrons. The number of hydrogen-bond donors (Lipinski definition) is 2. The highest BCUT2D eigenvalue weighted by Crippen LogP contribution is 2.32. The summed E-state index contributed by atoms with van der Waals surface area (Å²) in [5.74, 6) is 1.31. The molecule has 0 amide bonds. The Morgan fingerprint density at radius 1 is 1.22 bits per heavy atom. The van der Waals surface area contributed by atoms with Crippen molar-refractivity contribution in [2.24, 2.45) is 0 Å². The van der Waals surface area contributed by atoms with Gasteiger partial charge in [-0.15, -0.1) is 0 Å². The maximum absolute atomic E-state index is 11.5. The standard InChI is InChI=1S/C13H17NO4/c1-17-11-4-3-8(5-12(11)18-2)10-6-9(15)7-13(16)14-10/h3-5,10,13-14,16H,6-7H2,1-2H3. The van der Waals surface area contributed by atoms with Crippen LogP contribution >= 0.6 is 0 Å². The number of hydrogen-bond acceptors (Lipinski definition) is 5. The van der Waals surface area contributed by atoms with Crippen LogP contribution in [0.1, 0.15) is 24.4 Å². The maximum Gasteiger partial charge on any atom is 0.161 e. The van der Waals surface area contributed by atoms with Crippen LogP contribution in [0.15, 0.2) is 18.2 Å². The number of nitrogens with one attached hydrogen (secondary N) is 1. The topological polar surface area (TPSA) is 67.8 Å². The average Bonchev–Trinajstić information content (AvgIpc) is 2.36. The van der Waals surface area contributed by atoms with Gasteiger partial charge >= 0.3 is 0 Å². The molecule has 18 heavy (non-hydrogen) atoms. The Morgan fingerprint density at radius 3 is 2.56 bits per heavy atom. The third-order valence-electron chi connectivity index (χ3n) is 3.06. The zero-order chi connectivity index (χ0) is 13.1. The van der Waals surface area contributed by atoms with Crippen molar-refractivity contribution in [1.82, 2.24) is 5.32 Å². The normalized spacial score (nSPS) is 23.8. The van der Waals surface area contributed by atoms with Gasteiger partial charge in [0.15, 0.2) is 11.5 Å². The summed E-state index contributed by atoms with van der Waals surface area (Å²) >= 11 is 0. The molecule has 0 aromatic heterocycles. The summed E-state index contributed by atoms with van der Waals surface area (Å²) in [5, 5.41) is 12.5. The lowest BCUT2D eigenvalue weighted by atomic mass is 9.95. The summed E-state index contributed by atoms with van der Waals surface area (Å²) in [6, 6.07) is 5.30. The van der Waals surface area contributed by atoms with Crippen LogP contribution in [0.2, 0.25) is 0 Å². The number of aliphatic hydroxyl groups excluding tert-OH is 1. The Morgan fingerprint density at radius 2 is 1.94 bits per heavy atom. The van der Waals surface area contributed by atoms with Gasteiger partial charge in [-0.25, -0.2) is 0 Å². The predicted octanol–water partition coefficient (Wildman–Crippen LogP) is 1.02. The van der Waals surface area contributed by atoms with E-state index in [-0.39, 0.29) is 18.2 Å². The zero-order valence-electron chi connectivity index (χ0n) is 10.5. The minimum Gasteiger partial charge on any atom is -0.493 e. The van der Waals surface area contributed by atoms with E-state index >= 15 is 0 Å². The van der Waals surface area contributed by atoms with Crippen molar-refractivity contribution in [3.63, 3.8) is 0 Å². The van der Waals surface area contributed by atoms with Gasteiger partial charge in [0, 0.05) is 18.9 Å². The molecule has 2 atom stereocenters. The second kappa shape index (κ2) is 5.37. The van der Waals surface area contributed by atoms with Gasteiger partial charge in [0.25, 0.3) is 0 Å². The quantitative estimate of drug-likeness (QED) is 0.839. The lowest BCUT2D eigenvalue weighted by Gasteiger charge is -2.27. The number of ether oxygens (including phenoxy) is 2. The number of carbonyl (C=O) groups is 1. The highest BCUT2D eigenvalue weighted by molar-refractivity contribution is 5.80. The molecule has 1 saturated heterocycles. The molecule has 1 aromatic carbocycles. The molecule has 1 aromatic rings. The van der Waals surface area contributed by atoms with Crippen LogP contribution in [0.4, 0.5) is 0 Å². The fourth-order valence-electron chi connectivity index (χ4n) is 2.16. The number of ketones is 1. The summed E-state index contributed by atoms with van der Waals surface area (Å²) in [6.45, 7) is 0. The lowest BCUT2D eigenvalue weighted by molar-refractivity contribution is -0.124. The monoisotopic (exact) mass is 251 g/mol. The number of aliphatic hydroxyl groups is 1. The van der Waals surface area contributed by atoms with Gasteiger partial charge in [-0.2, -0.15) is 0 Å². The molecular weight excluding hydrogens is 234 g/mol. The van der Waals surface area contributed by atoms with Crippen LogP contribution < -0.4 is 14.8 Å². The third kappa shape index (κ3) is 2.63. The number of piperidine rings is 1. The Hall–Kier alpha value is -1.59. The second-order valence-electron chi connectivity index (χ2n) is 4.30. The van der Waals surface area contributed by atoms with Gasteiger partial charge in [0.1, 0.15) is 12.0 Å². The molecular formula is C13H17NO4. The smallest absolute Gasteiger partial charge is 0.161 e. The first-order valence-electron chi connectivity index (χ1n) is 5.81. The van der Waals surface area contributed by atoms with Crippen molar-refractivity contribution in [2.45, 2.75) is 25.1 Å². The highest BCUT2D eigenvalue weighted by Gasteiger charge is 2.26. The fraction of sp³-hybridized carbons (Fsp3) is 0.462. The van der Waals surface area contributed by atoms with Crippen molar-refractivity contribution < 1.29 is 19.4 Å². The van der Waals surface area contributed by atoms with E-state index in [1.807, 2.05) is 12.1 Å². The molecule has 0 radical (unpaired) electrons. The molecule has 2 unspecified atom stereocenters. The number of Topliss-reactive ketones (excluding diaryl/α,β-unsaturated/α-hetero) is 1. The van der Waals surface area contributed by atoms with E-state index < -0.39 is 6.23 Å². The van der Waals surface area contributed by atoms with Crippen molar-refractivity contribution in [3.05, 3.63) is 23.8 Å². The fourth-order valence-corrected chi connectivity index (χ4v) is 2.16. The second-order valence-corrected chi connectivity index (χ2v) is 4.30. The number of carbonyl (C=O) groups excluding carboxylic acids is 1. The van der Waals surface area contributed by atoms with E-state index in [0.717, 1.165) is 5.56 Å². The summed E-state index contributed by atoms with van der Waals surface area (Å²) in [7, 11) is 3.14. The number of methoxy groups -OCH3 is 2. The summed E-state index contributed by atoms with van der Waals surface area (Å²) in [4.78, 5) is 11.5. The first-order valence-corrected chi connectivity index (χ1v) is 5.81. The molecule has 2 N–H and O–H groups in total. The molecule has 2 rings (SSSR count). The van der Waals surface area contributed by atoms with E-state index in [0.29, 0.717) is 17.9 Å². The Labute approximate surface area is 106 Å². The van der Waals surface area contributed by atoms with Crippen molar-refractivity contribution in [2.75, 3.05) is 14.2 Å². The molecule has 0 aliphatic carbocycles. The van der Waals surface area contributed by atoms with Gasteiger partial charge in [0.05, 0.1) is 14.2 Å². The van der Waals surface area contributed by atoms with Crippen LogP contribution in [0.3, 0.4) is 0 Å². The van der Waals surface area contributed by atoms with Crippen molar-refractivity contribution in [3.8, 4) is 11.5 Å². The Kier molecular flexibility index (Phi) is 3.84. The van der Waals surface area contributed by atoms with Gasteiger partial charge < -0.3 is 14.6 Å². The molecule has 5 heteroatoms. The van der Waals surface area contributed by atoms with Gasteiger partial charge in [-0.1, -0.05) is 6.07 Å². The average molecular weight is 251 g/mol.